The second-order valence-corrected chi connectivity index (χ2v) is 7.22. The van der Waals surface area contributed by atoms with Gasteiger partial charge in [0.2, 0.25) is 5.91 Å². The van der Waals surface area contributed by atoms with Gasteiger partial charge in [-0.25, -0.2) is 9.21 Å². The molecule has 0 aliphatic rings. The van der Waals surface area contributed by atoms with Gasteiger partial charge in [0.15, 0.2) is 0 Å². The van der Waals surface area contributed by atoms with Gasteiger partial charge < -0.3 is 10.1 Å². The maximum absolute atomic E-state index is 12.2. The summed E-state index contributed by atoms with van der Waals surface area (Å²) >= 11 is 1.49. The van der Waals surface area contributed by atoms with Crippen molar-refractivity contribution in [2.75, 3.05) is 12.4 Å². The Bertz CT molecular complexity index is 975. The fourth-order valence-corrected chi connectivity index (χ4v) is 3.88. The van der Waals surface area contributed by atoms with Gasteiger partial charge in [-0.15, -0.1) is 11.8 Å². The van der Waals surface area contributed by atoms with E-state index in [1.165, 1.54) is 18.7 Å². The molecule has 0 saturated carbocycles. The highest BCUT2D eigenvalue weighted by molar-refractivity contribution is 7.99. The minimum Gasteiger partial charge on any atom is -0.464 e. The standard InChI is InChI=1S/C22H21NO4S/c1-3-26-22(25)18(23-15(2)24)14-28-21-13-20(16-9-5-4-6-10-16)27-19-12-8-7-11-17(19)21/h4-13,18H,3,14H2,1-2H3/p+1. The highest BCUT2D eigenvalue weighted by atomic mass is 32.2. The van der Waals surface area contributed by atoms with E-state index in [4.69, 9.17) is 9.15 Å². The Hall–Kier alpha value is -2.86. The van der Waals surface area contributed by atoms with Gasteiger partial charge in [0.1, 0.15) is 6.04 Å². The summed E-state index contributed by atoms with van der Waals surface area (Å²) in [6, 6.07) is 18.9. The number of ether oxygens (including phenoxy) is 1. The fraction of sp³-hybridized carbons (Fsp3) is 0.227. The van der Waals surface area contributed by atoms with Crippen LogP contribution in [0.1, 0.15) is 13.8 Å². The van der Waals surface area contributed by atoms with Crippen molar-refractivity contribution in [3.8, 4) is 11.3 Å². The van der Waals surface area contributed by atoms with Gasteiger partial charge in [0.25, 0.3) is 0 Å². The van der Waals surface area contributed by atoms with E-state index < -0.39 is 12.0 Å². The molecule has 1 N–H and O–H groups in total. The minimum atomic E-state index is -0.710. The summed E-state index contributed by atoms with van der Waals surface area (Å²) in [4.78, 5) is 24.6. The lowest BCUT2D eigenvalue weighted by Gasteiger charge is -2.16. The first kappa shape index (κ1) is 19.9. The Morgan fingerprint density at radius 3 is 2.54 bits per heavy atom. The molecule has 144 valence electrons. The molecule has 0 saturated heterocycles. The number of nitrogens with one attached hydrogen (secondary N) is 1. The van der Waals surface area contributed by atoms with Gasteiger partial charge in [-0.3, -0.25) is 4.79 Å². The number of para-hydroxylation sites is 1. The van der Waals surface area contributed by atoms with E-state index >= 15 is 0 Å². The first-order chi connectivity index (χ1) is 13.6. The van der Waals surface area contributed by atoms with Crippen LogP contribution in [-0.4, -0.2) is 30.3 Å². The molecule has 28 heavy (non-hydrogen) atoms. The number of carbonyl (C=O) groups is 2. The lowest BCUT2D eigenvalue weighted by atomic mass is 10.1. The second-order valence-electron chi connectivity index (χ2n) is 6.15. The summed E-state index contributed by atoms with van der Waals surface area (Å²) in [5, 5.41) is 3.63. The van der Waals surface area contributed by atoms with Gasteiger partial charge in [-0.2, -0.15) is 0 Å². The van der Waals surface area contributed by atoms with Gasteiger partial charge >= 0.3 is 17.3 Å². The third kappa shape index (κ3) is 4.89. The number of carbonyl (C=O) groups excluding carboxylic acids is 2. The molecule has 0 bridgehead atoms. The number of fused-ring (bicyclic) bond motifs is 1. The Balaban J connectivity index is 1.92. The molecule has 1 atom stereocenters. The topological polar surface area (TPSA) is 66.7 Å². The minimum absolute atomic E-state index is 0.267. The molecule has 1 aromatic heterocycles. The number of hydrogen-bond donors (Lipinski definition) is 1. The second kappa shape index (κ2) is 9.37. The smallest absolute Gasteiger partial charge is 0.361 e. The number of benzene rings is 2. The molecule has 2 aromatic carbocycles. The monoisotopic (exact) mass is 396 g/mol. The van der Waals surface area contributed by atoms with Crippen LogP contribution in [0.2, 0.25) is 0 Å². The molecule has 1 heterocycles. The highest BCUT2D eigenvalue weighted by Gasteiger charge is 2.24. The van der Waals surface area contributed by atoms with Crippen molar-refractivity contribution in [3.05, 3.63) is 60.7 Å². The molecule has 6 heteroatoms. The van der Waals surface area contributed by atoms with E-state index in [2.05, 4.69) is 5.32 Å². The lowest BCUT2D eigenvalue weighted by Crippen LogP contribution is -2.42. The van der Waals surface area contributed by atoms with Crippen molar-refractivity contribution in [1.29, 1.82) is 0 Å². The summed E-state index contributed by atoms with van der Waals surface area (Å²) in [6.45, 7) is 3.40. The van der Waals surface area contributed by atoms with Crippen LogP contribution in [0.25, 0.3) is 22.3 Å². The van der Waals surface area contributed by atoms with Crippen LogP contribution < -0.4 is 5.32 Å². The van der Waals surface area contributed by atoms with Gasteiger partial charge in [0, 0.05) is 23.6 Å². The molecular formula is C22H22NO4S+. The molecule has 0 aliphatic carbocycles. The Morgan fingerprint density at radius 1 is 1.11 bits per heavy atom. The molecular weight excluding hydrogens is 374 g/mol. The zero-order chi connectivity index (χ0) is 19.9. The number of hydrogen-bond acceptors (Lipinski definition) is 4. The Labute approximate surface area is 168 Å². The summed E-state index contributed by atoms with van der Waals surface area (Å²) < 4.78 is 11.2. The zero-order valence-electron chi connectivity index (χ0n) is 15.8. The van der Waals surface area contributed by atoms with Crippen LogP contribution in [-0.2, 0) is 14.3 Å². The molecule has 0 fully saturated rings. The molecule has 3 rings (SSSR count). The molecule has 0 aliphatic heterocycles. The third-order valence-electron chi connectivity index (χ3n) is 4.05. The largest absolute Gasteiger partial charge is 0.464 e. The number of rotatable bonds is 7. The van der Waals surface area contributed by atoms with Gasteiger partial charge in [0.05, 0.1) is 23.6 Å². The quantitative estimate of drug-likeness (QED) is 0.361. The van der Waals surface area contributed by atoms with Crippen LogP contribution in [0.15, 0.2) is 70.0 Å². The van der Waals surface area contributed by atoms with Crippen LogP contribution >= 0.6 is 11.8 Å². The van der Waals surface area contributed by atoms with Crippen molar-refractivity contribution in [3.63, 3.8) is 0 Å². The molecule has 0 spiro atoms. The number of amides is 1. The average molecular weight is 396 g/mol. The van der Waals surface area contributed by atoms with E-state index in [0.717, 1.165) is 27.2 Å². The highest BCUT2D eigenvalue weighted by Crippen LogP contribution is 2.34. The normalized spacial score (nSPS) is 11.8. The molecule has 3 aromatic rings. The summed E-state index contributed by atoms with van der Waals surface area (Å²) in [5.41, 5.74) is 1.73. The first-order valence-electron chi connectivity index (χ1n) is 9.06. The van der Waals surface area contributed by atoms with Crippen molar-refractivity contribution < 1.29 is 18.7 Å². The third-order valence-corrected chi connectivity index (χ3v) is 5.20. The van der Waals surface area contributed by atoms with Crippen molar-refractivity contribution in [2.45, 2.75) is 24.8 Å². The number of esters is 1. The predicted octanol–water partition coefficient (Wildman–Crippen LogP) is 4.54. The zero-order valence-corrected chi connectivity index (χ0v) is 16.6. The van der Waals surface area contributed by atoms with Crippen LogP contribution in [0.3, 0.4) is 0 Å². The fourth-order valence-electron chi connectivity index (χ4n) is 2.80. The SMILES string of the molecule is CCOC(=O)C(CSc1cc(-c2ccccc2)[o+]c2ccccc12)NC(C)=O. The molecule has 1 unspecified atom stereocenters. The van der Waals surface area contributed by atoms with Crippen molar-refractivity contribution in [2.24, 2.45) is 0 Å². The summed E-state index contributed by atoms with van der Waals surface area (Å²) in [6.07, 6.45) is 0. The Kier molecular flexibility index (Phi) is 6.66. The van der Waals surface area contributed by atoms with Crippen molar-refractivity contribution >= 4 is 34.6 Å². The maximum Gasteiger partial charge on any atom is 0.361 e. The average Bonchev–Trinajstić information content (AvgIpc) is 2.71. The number of thioether (sulfide) groups is 1. The van der Waals surface area contributed by atoms with E-state index in [0.29, 0.717) is 5.75 Å². The van der Waals surface area contributed by atoms with Gasteiger partial charge in [-0.1, -0.05) is 30.3 Å². The lowest BCUT2D eigenvalue weighted by molar-refractivity contribution is -0.146. The molecule has 0 radical (unpaired) electrons. The van der Waals surface area contributed by atoms with Crippen LogP contribution in [0.5, 0.6) is 0 Å². The first-order valence-corrected chi connectivity index (χ1v) is 10.0. The van der Waals surface area contributed by atoms with Gasteiger partial charge in [-0.05, 0) is 25.1 Å². The van der Waals surface area contributed by atoms with Crippen molar-refractivity contribution in [1.82, 2.24) is 5.32 Å². The summed E-state index contributed by atoms with van der Waals surface area (Å²) in [5.74, 6) is 0.407. The molecule has 5 nitrogen and oxygen atoms in total. The van der Waals surface area contributed by atoms with E-state index in [1.807, 2.05) is 60.7 Å². The molecule has 1 amide bonds. The van der Waals surface area contributed by atoms with Crippen LogP contribution in [0, 0.1) is 0 Å². The van der Waals surface area contributed by atoms with E-state index in [1.54, 1.807) is 6.92 Å². The Morgan fingerprint density at radius 2 is 1.82 bits per heavy atom. The maximum atomic E-state index is 12.2. The summed E-state index contributed by atoms with van der Waals surface area (Å²) in [7, 11) is 0. The van der Waals surface area contributed by atoms with E-state index in [9.17, 15) is 9.59 Å². The van der Waals surface area contributed by atoms with E-state index in [-0.39, 0.29) is 12.5 Å². The predicted molar refractivity (Wildman–Crippen MR) is 111 cm³/mol. The van der Waals surface area contributed by atoms with Crippen LogP contribution in [0.4, 0.5) is 0 Å².